The first-order chi connectivity index (χ1) is 10.2. The summed E-state index contributed by atoms with van der Waals surface area (Å²) in [6, 6.07) is 2.04. The Hall–Kier alpha value is -0.800. The van der Waals surface area contributed by atoms with E-state index in [0.717, 1.165) is 49.0 Å². The highest BCUT2D eigenvalue weighted by molar-refractivity contribution is 6.33. The summed E-state index contributed by atoms with van der Waals surface area (Å²) >= 11 is 6.45. The third-order valence-electron chi connectivity index (χ3n) is 3.95. The van der Waals surface area contributed by atoms with E-state index in [1.165, 1.54) is 12.8 Å². The van der Waals surface area contributed by atoms with E-state index >= 15 is 0 Å². The molecule has 0 aliphatic rings. The van der Waals surface area contributed by atoms with Crippen molar-refractivity contribution in [2.75, 3.05) is 24.5 Å². The van der Waals surface area contributed by atoms with E-state index < -0.39 is 0 Å². The lowest BCUT2D eigenvalue weighted by Crippen LogP contribution is -2.30. The summed E-state index contributed by atoms with van der Waals surface area (Å²) in [7, 11) is 0. The second kappa shape index (κ2) is 10.0. The van der Waals surface area contributed by atoms with E-state index in [1.807, 2.05) is 12.3 Å². The Morgan fingerprint density at radius 2 is 1.95 bits per heavy atom. The first-order valence-electron chi connectivity index (χ1n) is 8.26. The Balaban J connectivity index is 2.76. The standard InChI is InChI=1S/C17H30ClN3/c1-5-9-19-11-15-10-16(18)17(20-12-15)21(8-4)13-14(6-2)7-3/h10,12,14,19H,5-9,11,13H2,1-4H3. The summed E-state index contributed by atoms with van der Waals surface area (Å²) in [5.74, 6) is 1.62. The fourth-order valence-corrected chi connectivity index (χ4v) is 2.74. The summed E-state index contributed by atoms with van der Waals surface area (Å²) in [5, 5.41) is 4.14. The van der Waals surface area contributed by atoms with Gasteiger partial charge in [-0.25, -0.2) is 4.98 Å². The van der Waals surface area contributed by atoms with Crippen molar-refractivity contribution in [3.63, 3.8) is 0 Å². The Kier molecular flexibility index (Phi) is 8.70. The molecule has 0 radical (unpaired) electrons. The van der Waals surface area contributed by atoms with E-state index in [4.69, 9.17) is 11.6 Å². The minimum Gasteiger partial charge on any atom is -0.355 e. The molecule has 120 valence electrons. The lowest BCUT2D eigenvalue weighted by Gasteiger charge is -2.27. The van der Waals surface area contributed by atoms with Crippen molar-refractivity contribution in [3.8, 4) is 0 Å². The van der Waals surface area contributed by atoms with Gasteiger partial charge in [-0.15, -0.1) is 0 Å². The largest absolute Gasteiger partial charge is 0.355 e. The van der Waals surface area contributed by atoms with E-state index in [-0.39, 0.29) is 0 Å². The van der Waals surface area contributed by atoms with Crippen molar-refractivity contribution in [2.24, 2.45) is 5.92 Å². The van der Waals surface area contributed by atoms with Crippen molar-refractivity contribution in [1.82, 2.24) is 10.3 Å². The van der Waals surface area contributed by atoms with Crippen LogP contribution < -0.4 is 10.2 Å². The summed E-state index contributed by atoms with van der Waals surface area (Å²) in [6.45, 7) is 12.7. The number of nitrogens with zero attached hydrogens (tertiary/aromatic N) is 2. The molecule has 1 heterocycles. The Morgan fingerprint density at radius 3 is 2.48 bits per heavy atom. The third-order valence-corrected chi connectivity index (χ3v) is 4.23. The molecular formula is C17H30ClN3. The number of hydrogen-bond donors (Lipinski definition) is 1. The molecule has 0 spiro atoms. The van der Waals surface area contributed by atoms with Crippen LogP contribution in [0.5, 0.6) is 0 Å². The van der Waals surface area contributed by atoms with Gasteiger partial charge in [0.15, 0.2) is 0 Å². The van der Waals surface area contributed by atoms with Gasteiger partial charge < -0.3 is 10.2 Å². The first-order valence-corrected chi connectivity index (χ1v) is 8.63. The van der Waals surface area contributed by atoms with Gasteiger partial charge in [-0.3, -0.25) is 0 Å². The van der Waals surface area contributed by atoms with Crippen molar-refractivity contribution in [3.05, 3.63) is 22.8 Å². The molecule has 1 aromatic heterocycles. The SMILES string of the molecule is CCCNCc1cnc(N(CC)CC(CC)CC)c(Cl)c1. The average molecular weight is 312 g/mol. The summed E-state index contributed by atoms with van der Waals surface area (Å²) in [6.07, 6.45) is 5.48. The maximum atomic E-state index is 6.45. The molecule has 0 bridgehead atoms. The first kappa shape index (κ1) is 18.2. The number of hydrogen-bond acceptors (Lipinski definition) is 3. The number of anilines is 1. The highest BCUT2D eigenvalue weighted by Crippen LogP contribution is 2.25. The molecule has 0 fully saturated rings. The zero-order chi connectivity index (χ0) is 15.7. The van der Waals surface area contributed by atoms with Crippen LogP contribution in [-0.4, -0.2) is 24.6 Å². The summed E-state index contributed by atoms with van der Waals surface area (Å²) < 4.78 is 0. The maximum absolute atomic E-state index is 6.45. The van der Waals surface area contributed by atoms with E-state index in [9.17, 15) is 0 Å². The Labute approximate surface area is 135 Å². The zero-order valence-electron chi connectivity index (χ0n) is 14.0. The molecule has 0 aromatic carbocycles. The molecule has 3 nitrogen and oxygen atoms in total. The predicted molar refractivity (Wildman–Crippen MR) is 93.2 cm³/mol. The lowest BCUT2D eigenvalue weighted by molar-refractivity contribution is 0.484. The minimum absolute atomic E-state index is 0.703. The number of halogens is 1. The molecule has 0 saturated carbocycles. The van der Waals surface area contributed by atoms with Gasteiger partial charge in [0.2, 0.25) is 0 Å². The van der Waals surface area contributed by atoms with Gasteiger partial charge in [0.1, 0.15) is 5.82 Å². The molecule has 0 unspecified atom stereocenters. The molecule has 1 N–H and O–H groups in total. The van der Waals surface area contributed by atoms with Gasteiger partial charge in [-0.05, 0) is 37.4 Å². The number of aromatic nitrogens is 1. The molecule has 0 atom stereocenters. The van der Waals surface area contributed by atoms with Gasteiger partial charge in [0.05, 0.1) is 5.02 Å². The highest BCUT2D eigenvalue weighted by Gasteiger charge is 2.15. The number of nitrogens with one attached hydrogen (secondary N) is 1. The summed E-state index contributed by atoms with van der Waals surface area (Å²) in [4.78, 5) is 6.90. The van der Waals surface area contributed by atoms with Crippen LogP contribution in [0, 0.1) is 5.92 Å². The van der Waals surface area contributed by atoms with Crippen LogP contribution in [0.2, 0.25) is 5.02 Å². The van der Waals surface area contributed by atoms with E-state index in [2.05, 4.69) is 42.9 Å². The van der Waals surface area contributed by atoms with Crippen LogP contribution in [0.1, 0.15) is 52.5 Å². The maximum Gasteiger partial charge on any atom is 0.147 e. The fraction of sp³-hybridized carbons (Fsp3) is 0.706. The van der Waals surface area contributed by atoms with Crippen LogP contribution >= 0.6 is 11.6 Å². The topological polar surface area (TPSA) is 28.2 Å². The van der Waals surface area contributed by atoms with Crippen LogP contribution in [-0.2, 0) is 6.54 Å². The second-order valence-electron chi connectivity index (χ2n) is 5.55. The van der Waals surface area contributed by atoms with Crippen LogP contribution in [0.25, 0.3) is 0 Å². The lowest BCUT2D eigenvalue weighted by atomic mass is 10.0. The highest BCUT2D eigenvalue weighted by atomic mass is 35.5. The smallest absolute Gasteiger partial charge is 0.147 e. The Morgan fingerprint density at radius 1 is 1.24 bits per heavy atom. The van der Waals surface area contributed by atoms with Gasteiger partial charge in [-0.1, -0.05) is 45.2 Å². The Bertz CT molecular complexity index is 405. The summed E-state index contributed by atoms with van der Waals surface area (Å²) in [5.41, 5.74) is 1.15. The van der Waals surface area contributed by atoms with Crippen LogP contribution in [0.4, 0.5) is 5.82 Å². The molecule has 0 aliphatic carbocycles. The van der Waals surface area contributed by atoms with Gasteiger partial charge in [0, 0.05) is 25.8 Å². The van der Waals surface area contributed by atoms with Gasteiger partial charge in [-0.2, -0.15) is 0 Å². The minimum atomic E-state index is 0.703. The molecule has 0 saturated heterocycles. The monoisotopic (exact) mass is 311 g/mol. The van der Waals surface area contributed by atoms with Crippen LogP contribution in [0.3, 0.4) is 0 Å². The molecule has 0 aliphatic heterocycles. The van der Waals surface area contributed by atoms with E-state index in [0.29, 0.717) is 5.92 Å². The predicted octanol–water partition coefficient (Wildman–Crippen LogP) is 4.50. The normalized spacial score (nSPS) is 11.1. The molecule has 4 heteroatoms. The van der Waals surface area contributed by atoms with Crippen LogP contribution in [0.15, 0.2) is 12.3 Å². The van der Waals surface area contributed by atoms with Gasteiger partial charge >= 0.3 is 0 Å². The fourth-order valence-electron chi connectivity index (χ4n) is 2.43. The molecular weight excluding hydrogens is 282 g/mol. The second-order valence-corrected chi connectivity index (χ2v) is 5.95. The average Bonchev–Trinajstić information content (AvgIpc) is 2.50. The molecule has 1 aromatic rings. The zero-order valence-corrected chi connectivity index (χ0v) is 14.7. The quantitative estimate of drug-likeness (QED) is 0.645. The molecule has 0 amide bonds. The van der Waals surface area contributed by atoms with Crippen molar-refractivity contribution < 1.29 is 0 Å². The van der Waals surface area contributed by atoms with Crippen molar-refractivity contribution >= 4 is 17.4 Å². The molecule has 21 heavy (non-hydrogen) atoms. The number of rotatable bonds is 10. The van der Waals surface area contributed by atoms with E-state index in [1.54, 1.807) is 0 Å². The van der Waals surface area contributed by atoms with Crippen molar-refractivity contribution in [2.45, 2.75) is 53.5 Å². The molecule has 1 rings (SSSR count). The van der Waals surface area contributed by atoms with Crippen molar-refractivity contribution in [1.29, 1.82) is 0 Å². The van der Waals surface area contributed by atoms with Gasteiger partial charge in [0.25, 0.3) is 0 Å². The third kappa shape index (κ3) is 5.84. The number of pyridine rings is 1.